The van der Waals surface area contributed by atoms with Crippen LogP contribution in [0.4, 0.5) is 0 Å². The Bertz CT molecular complexity index is 2560. The Balaban J connectivity index is 4.57. The van der Waals surface area contributed by atoms with Crippen LogP contribution in [0.2, 0.25) is 0 Å². The lowest BCUT2D eigenvalue weighted by molar-refractivity contribution is -0.157. The number of allylic oxidation sites excluding steroid dienone is 2. The fourth-order valence-corrected chi connectivity index (χ4v) is 11.5. The second kappa shape index (κ2) is 37.9. The summed E-state index contributed by atoms with van der Waals surface area (Å²) < 4.78 is 4.92. The first-order valence-electron chi connectivity index (χ1n) is 32.7. The van der Waals surface area contributed by atoms with Crippen LogP contribution in [0.1, 0.15) is 163 Å². The fourth-order valence-electron chi connectivity index (χ4n) is 11.5. The molecule has 26 heteroatoms. The summed E-state index contributed by atoms with van der Waals surface area (Å²) in [6.07, 6.45) is 1.96. The van der Waals surface area contributed by atoms with E-state index in [1.807, 2.05) is 55.4 Å². The van der Waals surface area contributed by atoms with E-state index in [9.17, 15) is 33.9 Å². The molecule has 0 aromatic carbocycles. The van der Waals surface area contributed by atoms with Crippen molar-refractivity contribution >= 4 is 70.9 Å². The summed E-state index contributed by atoms with van der Waals surface area (Å²) in [6.45, 7) is 29.4. The van der Waals surface area contributed by atoms with E-state index in [2.05, 4.69) is 21.3 Å². The van der Waals surface area contributed by atoms with E-state index < -0.39 is 174 Å². The van der Waals surface area contributed by atoms with E-state index in [0.29, 0.717) is 0 Å². The second-order valence-corrected chi connectivity index (χ2v) is 27.7. The largest absolute Gasteiger partial charge is 0.468 e. The number of hydrogen-bond donors (Lipinski definition) is 6. The number of aliphatic hydroxyl groups excluding tert-OH is 1. The van der Waals surface area contributed by atoms with Gasteiger partial charge in [-0.05, 0) is 101 Å². The highest BCUT2D eigenvalue weighted by atomic mass is 16.5. The number of aliphatic hydroxyl groups is 1. The molecule has 1 aliphatic rings. The molecule has 0 aromatic heterocycles. The second-order valence-electron chi connectivity index (χ2n) is 27.7. The fraction of sp³-hybridized carbons (Fsp3) is 0.788. The van der Waals surface area contributed by atoms with Gasteiger partial charge in [-0.1, -0.05) is 109 Å². The van der Waals surface area contributed by atoms with Crippen LogP contribution in [0.25, 0.3) is 0 Å². The highest BCUT2D eigenvalue weighted by Crippen LogP contribution is 2.26. The summed E-state index contributed by atoms with van der Waals surface area (Å²) in [4.78, 5) is 184. The third-order valence-electron chi connectivity index (χ3n) is 17.4. The zero-order valence-corrected chi connectivity index (χ0v) is 60.1. The molecule has 3 unspecified atom stereocenters. The molecule has 0 bridgehead atoms. The molecule has 92 heavy (non-hydrogen) atoms. The van der Waals surface area contributed by atoms with Crippen LogP contribution in [-0.4, -0.2) is 245 Å². The van der Waals surface area contributed by atoms with Crippen LogP contribution in [0.15, 0.2) is 12.2 Å². The summed E-state index contributed by atoms with van der Waals surface area (Å²) in [5, 5.41) is 23.2. The maximum atomic E-state index is 15.3. The predicted octanol–water partition coefficient (Wildman–Crippen LogP) is 2.53. The van der Waals surface area contributed by atoms with Crippen molar-refractivity contribution in [2.75, 3.05) is 56.4 Å². The minimum Gasteiger partial charge on any atom is -0.468 e. The molecule has 7 N–H and O–H groups in total. The molecule has 26 nitrogen and oxygen atoms in total. The van der Waals surface area contributed by atoms with Gasteiger partial charge >= 0.3 is 5.97 Å². The number of carbonyl (C=O) groups excluding carboxylic acids is 12. The quantitative estimate of drug-likeness (QED) is 0.0849. The number of rotatable bonds is 18. The van der Waals surface area contributed by atoms with Crippen molar-refractivity contribution in [3.8, 4) is 0 Å². The topological polar surface area (TPSA) is 331 Å². The highest BCUT2D eigenvalue weighted by molar-refractivity contribution is 6.00. The monoisotopic (exact) mass is 1300 g/mol. The number of likely N-dealkylation sites (N-methyl/N-ethyl adjacent to an activating group) is 7. The number of hydrogen-bond acceptors (Lipinski definition) is 15. The lowest BCUT2D eigenvalue weighted by atomic mass is 9.91. The Morgan fingerprint density at radius 3 is 1.28 bits per heavy atom. The molecule has 1 saturated heterocycles. The smallest absolute Gasteiger partial charge is 0.322 e. The van der Waals surface area contributed by atoms with Gasteiger partial charge in [0.15, 0.2) is 0 Å². The van der Waals surface area contributed by atoms with E-state index in [1.165, 1.54) is 82.8 Å². The van der Waals surface area contributed by atoms with Crippen LogP contribution in [0.5, 0.6) is 0 Å². The van der Waals surface area contributed by atoms with Gasteiger partial charge in [0.05, 0.1) is 13.2 Å². The third-order valence-corrected chi connectivity index (χ3v) is 17.4. The number of esters is 1. The van der Waals surface area contributed by atoms with Gasteiger partial charge in [0.25, 0.3) is 0 Å². The van der Waals surface area contributed by atoms with Crippen LogP contribution in [0.3, 0.4) is 0 Å². The van der Waals surface area contributed by atoms with Crippen LogP contribution in [0, 0.1) is 41.4 Å². The Kier molecular flexibility index (Phi) is 34.3. The SMILES string of the molecule is C/C=C/C[C@@H](C)[C@@H](O)C1C(=O)N[C@@H](CC)C(=O)N(C)C(CC(N)C(=O)OC)C(=O)N(C)[C@@H](CC(C)C)C(=O)N[C@@H](C(C)C)C(=O)N(C)[C@@H](CC(C)C)C(=O)N[C@@H](C)C(=O)N[C@H](C)C(=O)N(C)[C@@H](CC(C)C)C(=O)N(C)[C@@H](CC(C)C)C(=O)N(C)[C@@H](C(C)C)C(=O)N1C. The standard InChI is InChI=1S/C66H118N12O14/c1-26-28-29-41(15)54(79)53-58(83)70-45(27-2)60(85)75(21)50(34-44(67)66(91)92-25)62(87)72(18)47(31-36(5)6)57(82)71-51(39(11)12)64(89)73(19)46(30-35(3)4)56(81)68-42(16)55(80)69-43(17)59(84)74(20)48(32-37(7)8)61(86)76(22)49(33-38(9)10)63(88)77(23)52(40(13)14)65(90)78(53)24/h26,28,35-54,79H,27,29-34,67H2,1-25H3,(H,68,81)(H,69,80)(H,70,83)(H,71,82)/b28-26+/t41-,42+,43-,44?,45+,46+,47+,48+,49+,50?,51+,52+,53?,54-/m1/s1. The molecule has 11 amide bonds. The molecule has 0 saturated carbocycles. The Morgan fingerprint density at radius 2 is 0.859 bits per heavy atom. The van der Waals surface area contributed by atoms with Gasteiger partial charge in [-0.2, -0.15) is 0 Å². The Labute approximate surface area is 548 Å². The summed E-state index contributed by atoms with van der Waals surface area (Å²) in [6, 6.07) is -16.3. The molecule has 0 radical (unpaired) electrons. The highest BCUT2D eigenvalue weighted by Gasteiger charge is 2.47. The van der Waals surface area contributed by atoms with Crippen molar-refractivity contribution in [2.24, 2.45) is 47.2 Å². The van der Waals surface area contributed by atoms with Gasteiger partial charge in [-0.15, -0.1) is 0 Å². The Hall–Kier alpha value is -6.70. The maximum absolute atomic E-state index is 15.3. The van der Waals surface area contributed by atoms with E-state index >= 15 is 28.8 Å². The van der Waals surface area contributed by atoms with Gasteiger partial charge in [0.2, 0.25) is 65.0 Å². The predicted molar refractivity (Wildman–Crippen MR) is 352 cm³/mol. The van der Waals surface area contributed by atoms with Crippen molar-refractivity contribution in [3.63, 3.8) is 0 Å². The number of nitrogens with two attached hydrogens (primary N) is 1. The zero-order valence-electron chi connectivity index (χ0n) is 60.1. The van der Waals surface area contributed by atoms with Gasteiger partial charge in [-0.25, -0.2) is 0 Å². The molecule has 14 atom stereocenters. The molecule has 0 aromatic rings. The number of nitrogens with zero attached hydrogens (tertiary/aromatic N) is 7. The average Bonchev–Trinajstić information content (AvgIpc) is 0.814. The zero-order chi connectivity index (χ0) is 71.4. The first-order chi connectivity index (χ1) is 42.5. The number of carbonyl (C=O) groups is 12. The summed E-state index contributed by atoms with van der Waals surface area (Å²) >= 11 is 0. The molecule has 0 aliphatic carbocycles. The lowest BCUT2D eigenvalue weighted by Crippen LogP contribution is -2.64. The molecular formula is C66H118N12O14. The first-order valence-corrected chi connectivity index (χ1v) is 32.7. The molecule has 0 spiro atoms. The van der Waals surface area contributed by atoms with Gasteiger partial charge in [0, 0.05) is 55.8 Å². The minimum atomic E-state index is -1.71. The van der Waals surface area contributed by atoms with Crippen molar-refractivity contribution in [3.05, 3.63) is 12.2 Å². The van der Waals surface area contributed by atoms with E-state index in [4.69, 9.17) is 10.5 Å². The number of methoxy groups -OCH3 is 1. The van der Waals surface area contributed by atoms with Crippen LogP contribution < -0.4 is 27.0 Å². The van der Waals surface area contributed by atoms with Crippen molar-refractivity contribution in [1.29, 1.82) is 0 Å². The van der Waals surface area contributed by atoms with E-state index in [0.717, 1.165) is 21.8 Å². The van der Waals surface area contributed by atoms with E-state index in [-0.39, 0.29) is 62.2 Å². The van der Waals surface area contributed by atoms with Gasteiger partial charge < -0.3 is 71.1 Å². The van der Waals surface area contributed by atoms with Crippen molar-refractivity contribution < 1.29 is 67.4 Å². The molecule has 1 heterocycles. The lowest BCUT2D eigenvalue weighted by Gasteiger charge is -2.41. The number of amides is 11. The van der Waals surface area contributed by atoms with Crippen molar-refractivity contribution in [1.82, 2.24) is 55.6 Å². The molecule has 526 valence electrons. The molecule has 1 fully saturated rings. The summed E-state index contributed by atoms with van der Waals surface area (Å²) in [5.41, 5.74) is 6.35. The van der Waals surface area contributed by atoms with Gasteiger partial charge in [-0.3, -0.25) is 57.5 Å². The van der Waals surface area contributed by atoms with Crippen LogP contribution >= 0.6 is 0 Å². The third kappa shape index (κ3) is 22.8. The summed E-state index contributed by atoms with van der Waals surface area (Å²) in [5.74, 6) is -11.9. The van der Waals surface area contributed by atoms with Crippen LogP contribution in [-0.2, 0) is 62.3 Å². The number of ether oxygens (including phenoxy) is 1. The Morgan fingerprint density at radius 1 is 0.478 bits per heavy atom. The molecule has 1 rings (SSSR count). The molecule has 1 aliphatic heterocycles. The van der Waals surface area contributed by atoms with Crippen molar-refractivity contribution in [2.45, 2.75) is 241 Å². The van der Waals surface area contributed by atoms with E-state index in [1.54, 1.807) is 60.6 Å². The summed E-state index contributed by atoms with van der Waals surface area (Å²) in [7, 11) is 10.7. The number of nitrogens with one attached hydrogen (secondary N) is 4. The minimum absolute atomic E-state index is 0.0269. The molecular weight excluding hydrogens is 1180 g/mol. The first kappa shape index (κ1) is 83.3. The maximum Gasteiger partial charge on any atom is 0.322 e. The van der Waals surface area contributed by atoms with Gasteiger partial charge in [0.1, 0.15) is 72.5 Å². The average molecular weight is 1300 g/mol. The normalized spacial score (nSPS) is 26.9.